The molecule has 0 amide bonds. The lowest BCUT2D eigenvalue weighted by atomic mass is 9.94. The fourth-order valence-electron chi connectivity index (χ4n) is 5.87. The van der Waals surface area contributed by atoms with E-state index in [2.05, 4.69) is 46.1 Å². The number of nitrogens with zero attached hydrogens (tertiary/aromatic N) is 5. The maximum absolute atomic E-state index is 7.17. The molecule has 2 saturated heterocycles. The number of likely N-dealkylation sites (N-methyl/N-ethyl adjacent to an activating group) is 1. The van der Waals surface area contributed by atoms with E-state index in [0.29, 0.717) is 11.0 Å². The van der Waals surface area contributed by atoms with Crippen molar-refractivity contribution in [1.82, 2.24) is 25.1 Å². The van der Waals surface area contributed by atoms with Crippen molar-refractivity contribution in [2.24, 2.45) is 0 Å². The minimum absolute atomic E-state index is 0.0770. The first-order valence-corrected chi connectivity index (χ1v) is 14.2. The third-order valence-electron chi connectivity index (χ3n) is 8.02. The van der Waals surface area contributed by atoms with Gasteiger partial charge in [0.15, 0.2) is 5.75 Å². The zero-order valence-electron chi connectivity index (χ0n) is 22.0. The Morgan fingerprint density at radius 2 is 1.79 bits per heavy atom. The highest BCUT2D eigenvalue weighted by Crippen LogP contribution is 2.49. The Bertz CT molecular complexity index is 1510. The molecule has 0 unspecified atom stereocenters. The molecule has 4 heterocycles. The summed E-state index contributed by atoms with van der Waals surface area (Å²) in [6.07, 6.45) is 8.68. The average molecular weight is 533 g/mol. The molecular formula is C29H33ClN6O2. The molecule has 4 aromatic rings. The number of ether oxygens (including phenoxy) is 2. The summed E-state index contributed by atoms with van der Waals surface area (Å²) in [6.45, 7) is 5.92. The average Bonchev–Trinajstić information content (AvgIpc) is 3.44. The van der Waals surface area contributed by atoms with Crippen LogP contribution < -0.4 is 14.4 Å². The fraction of sp³-hybridized carbons (Fsp3) is 0.483. The molecule has 3 aliphatic rings. The second-order valence-corrected chi connectivity index (χ2v) is 11.4. The van der Waals surface area contributed by atoms with Crippen LogP contribution in [0.25, 0.3) is 32.9 Å². The van der Waals surface area contributed by atoms with Crippen LogP contribution in [-0.4, -0.2) is 70.5 Å². The second kappa shape index (κ2) is 9.58. The molecule has 2 aromatic heterocycles. The zero-order chi connectivity index (χ0) is 25.8. The number of fused-ring (bicyclic) bond motifs is 2. The first kappa shape index (κ1) is 24.0. The van der Waals surface area contributed by atoms with E-state index in [-0.39, 0.29) is 12.2 Å². The molecule has 8 nitrogen and oxygen atoms in total. The molecule has 0 radical (unpaired) electrons. The molecule has 38 heavy (non-hydrogen) atoms. The molecule has 2 aromatic carbocycles. The number of likely N-dealkylation sites (tertiary alicyclic amines) is 1. The van der Waals surface area contributed by atoms with Crippen molar-refractivity contribution in [2.75, 3.05) is 38.1 Å². The molecule has 1 N–H and O–H groups in total. The van der Waals surface area contributed by atoms with Crippen LogP contribution >= 0.6 is 11.6 Å². The maximum atomic E-state index is 7.17. The largest absolute Gasteiger partial charge is 0.487 e. The van der Waals surface area contributed by atoms with Gasteiger partial charge in [-0.05, 0) is 70.2 Å². The van der Waals surface area contributed by atoms with Gasteiger partial charge in [0.2, 0.25) is 0 Å². The summed E-state index contributed by atoms with van der Waals surface area (Å²) in [5, 5.41) is 9.99. The quantitative estimate of drug-likeness (QED) is 0.338. The number of hydrogen-bond acceptors (Lipinski definition) is 7. The van der Waals surface area contributed by atoms with Crippen molar-refractivity contribution in [3.8, 4) is 22.9 Å². The van der Waals surface area contributed by atoms with E-state index < -0.39 is 0 Å². The van der Waals surface area contributed by atoms with Crippen LogP contribution in [0.5, 0.6) is 11.8 Å². The molecule has 198 valence electrons. The lowest BCUT2D eigenvalue weighted by Gasteiger charge is -2.29. The number of hydrogen-bond donors (Lipinski definition) is 1. The molecule has 0 bridgehead atoms. The highest BCUT2D eigenvalue weighted by molar-refractivity contribution is 6.35. The van der Waals surface area contributed by atoms with Crippen LogP contribution in [-0.2, 0) is 0 Å². The van der Waals surface area contributed by atoms with Crippen molar-refractivity contribution >= 4 is 39.2 Å². The summed E-state index contributed by atoms with van der Waals surface area (Å²) in [5.74, 6) is 1.62. The van der Waals surface area contributed by atoms with E-state index in [1.54, 1.807) is 0 Å². The van der Waals surface area contributed by atoms with Crippen LogP contribution in [0.15, 0.2) is 24.4 Å². The van der Waals surface area contributed by atoms with Crippen molar-refractivity contribution in [1.29, 1.82) is 0 Å². The minimum Gasteiger partial charge on any atom is -0.487 e. The van der Waals surface area contributed by atoms with Gasteiger partial charge >= 0.3 is 6.01 Å². The van der Waals surface area contributed by atoms with E-state index in [1.165, 1.54) is 6.42 Å². The zero-order valence-corrected chi connectivity index (χ0v) is 22.7. The number of piperidine rings is 1. The highest BCUT2D eigenvalue weighted by Gasteiger charge is 2.31. The van der Waals surface area contributed by atoms with Gasteiger partial charge in [0.25, 0.3) is 0 Å². The van der Waals surface area contributed by atoms with Gasteiger partial charge in [-0.1, -0.05) is 17.7 Å². The molecule has 9 heteroatoms. The summed E-state index contributed by atoms with van der Waals surface area (Å²) in [5.41, 5.74) is 4.73. The number of benzene rings is 2. The Morgan fingerprint density at radius 1 is 0.947 bits per heavy atom. The summed E-state index contributed by atoms with van der Waals surface area (Å²) >= 11 is 7.17. The summed E-state index contributed by atoms with van der Waals surface area (Å²) in [7, 11) is 2.12. The van der Waals surface area contributed by atoms with Gasteiger partial charge in [-0.25, -0.2) is 0 Å². The van der Waals surface area contributed by atoms with Gasteiger partial charge in [-0.2, -0.15) is 15.1 Å². The molecule has 2 aliphatic heterocycles. The van der Waals surface area contributed by atoms with Crippen molar-refractivity contribution in [3.63, 3.8) is 0 Å². The molecule has 1 atom stereocenters. The van der Waals surface area contributed by atoms with Crippen LogP contribution in [0.3, 0.4) is 0 Å². The van der Waals surface area contributed by atoms with E-state index in [0.717, 1.165) is 108 Å². The predicted octanol–water partition coefficient (Wildman–Crippen LogP) is 5.75. The van der Waals surface area contributed by atoms with Crippen LogP contribution in [0.4, 0.5) is 5.82 Å². The number of aromatic amines is 1. The van der Waals surface area contributed by atoms with Gasteiger partial charge < -0.3 is 19.3 Å². The van der Waals surface area contributed by atoms with E-state index in [9.17, 15) is 0 Å². The number of nitrogens with one attached hydrogen (secondary N) is 1. The number of rotatable bonds is 6. The van der Waals surface area contributed by atoms with Gasteiger partial charge in [-0.15, -0.1) is 0 Å². The normalized spacial score (nSPS) is 20.5. The van der Waals surface area contributed by atoms with Crippen molar-refractivity contribution in [3.05, 3.63) is 35.0 Å². The SMILES string of the molecule is Cc1ccc2[nH]ncc2c1-c1c(Cl)cc2c(N3CCCCC3)nc(O[C@@H]3CCN(C)C3)nc2c1OC1CC1. The second-order valence-electron chi connectivity index (χ2n) is 11.0. The van der Waals surface area contributed by atoms with Gasteiger partial charge in [0.05, 0.1) is 22.8 Å². The van der Waals surface area contributed by atoms with Crippen LogP contribution in [0, 0.1) is 6.92 Å². The molecule has 3 fully saturated rings. The Hall–Kier alpha value is -3.10. The van der Waals surface area contributed by atoms with Gasteiger partial charge in [0, 0.05) is 48.1 Å². The van der Waals surface area contributed by atoms with Crippen molar-refractivity contribution in [2.45, 2.75) is 57.7 Å². The summed E-state index contributed by atoms with van der Waals surface area (Å²) in [4.78, 5) is 14.7. The third-order valence-corrected chi connectivity index (χ3v) is 8.32. The number of halogens is 1. The number of H-pyrrole nitrogens is 1. The first-order valence-electron chi connectivity index (χ1n) is 13.8. The van der Waals surface area contributed by atoms with Gasteiger partial charge in [-0.3, -0.25) is 5.10 Å². The van der Waals surface area contributed by atoms with Crippen molar-refractivity contribution < 1.29 is 9.47 Å². The Morgan fingerprint density at radius 3 is 2.55 bits per heavy atom. The Balaban J connectivity index is 1.47. The first-order chi connectivity index (χ1) is 18.5. The monoisotopic (exact) mass is 532 g/mol. The lowest BCUT2D eigenvalue weighted by molar-refractivity contribution is 0.192. The molecule has 7 rings (SSSR count). The minimum atomic E-state index is 0.0770. The topological polar surface area (TPSA) is 79.4 Å². The Kier molecular flexibility index (Phi) is 6.04. The predicted molar refractivity (Wildman–Crippen MR) is 151 cm³/mol. The van der Waals surface area contributed by atoms with Crippen LogP contribution in [0.1, 0.15) is 44.1 Å². The number of aryl methyl sites for hydroxylation is 1. The third kappa shape index (κ3) is 4.33. The smallest absolute Gasteiger partial charge is 0.319 e. The molecule has 0 spiro atoms. The fourth-order valence-corrected chi connectivity index (χ4v) is 6.16. The number of aromatic nitrogens is 4. The standard InChI is InChI=1S/C29H33ClN6O2/c1-17-6-9-23-21(15-31-34-23)24(17)25-22(30)14-20-26(27(25)37-18-7-8-18)32-29(38-19-10-13-35(2)16-19)33-28(20)36-11-4-3-5-12-36/h6,9,14-15,18-19H,3-5,7-8,10-13,16H2,1-2H3,(H,31,34)/t19-/m1/s1. The van der Waals surface area contributed by atoms with E-state index in [4.69, 9.17) is 31.0 Å². The lowest BCUT2D eigenvalue weighted by Crippen LogP contribution is -2.31. The molecule has 1 saturated carbocycles. The van der Waals surface area contributed by atoms with E-state index in [1.807, 2.05) is 12.3 Å². The highest BCUT2D eigenvalue weighted by atomic mass is 35.5. The molecule has 1 aliphatic carbocycles. The Labute approximate surface area is 227 Å². The van der Waals surface area contributed by atoms with Gasteiger partial charge in [0.1, 0.15) is 17.4 Å². The summed E-state index contributed by atoms with van der Waals surface area (Å²) in [6, 6.07) is 6.60. The maximum Gasteiger partial charge on any atom is 0.319 e. The summed E-state index contributed by atoms with van der Waals surface area (Å²) < 4.78 is 13.1. The van der Waals surface area contributed by atoms with E-state index >= 15 is 0 Å². The molecular weight excluding hydrogens is 500 g/mol. The number of anilines is 1. The van der Waals surface area contributed by atoms with Crippen LogP contribution in [0.2, 0.25) is 5.02 Å².